The fourth-order valence-corrected chi connectivity index (χ4v) is 5.50. The highest BCUT2D eigenvalue weighted by Gasteiger charge is 2.31. The summed E-state index contributed by atoms with van der Waals surface area (Å²) in [5, 5.41) is 2.99. The molecule has 1 aromatic carbocycles. The van der Waals surface area contributed by atoms with Gasteiger partial charge in [0, 0.05) is 32.2 Å². The molecule has 1 aromatic rings. The summed E-state index contributed by atoms with van der Waals surface area (Å²) in [6, 6.07) is 8.49. The molecule has 0 atom stereocenters. The molecule has 1 aliphatic heterocycles. The van der Waals surface area contributed by atoms with Crippen molar-refractivity contribution in [3.05, 3.63) is 30.3 Å². The Morgan fingerprint density at radius 2 is 1.71 bits per heavy atom. The molecule has 6 nitrogen and oxygen atoms in total. The number of ether oxygens (including phenoxy) is 1. The number of piperidine rings is 1. The van der Waals surface area contributed by atoms with Gasteiger partial charge in [0.15, 0.2) is 0 Å². The molecule has 0 bridgehead atoms. The van der Waals surface area contributed by atoms with Crippen molar-refractivity contribution in [3.8, 4) is 0 Å². The van der Waals surface area contributed by atoms with Gasteiger partial charge in [-0.1, -0.05) is 37.5 Å². The molecule has 1 saturated heterocycles. The van der Waals surface area contributed by atoms with Crippen LogP contribution in [-0.4, -0.2) is 51.0 Å². The SMILES string of the molecule is O=C(NCCCOC1CCCCC1)C1CCN(S(=O)(=O)c2ccccc2)CC1. The number of benzene rings is 1. The van der Waals surface area contributed by atoms with Gasteiger partial charge in [0.1, 0.15) is 0 Å². The molecule has 0 spiro atoms. The molecule has 0 radical (unpaired) electrons. The third kappa shape index (κ3) is 5.78. The third-order valence-electron chi connectivity index (χ3n) is 5.73. The monoisotopic (exact) mass is 408 g/mol. The quantitative estimate of drug-likeness (QED) is 0.671. The van der Waals surface area contributed by atoms with E-state index in [1.54, 1.807) is 30.3 Å². The number of carbonyl (C=O) groups excluding carboxylic acids is 1. The van der Waals surface area contributed by atoms with Crippen molar-refractivity contribution in [1.82, 2.24) is 9.62 Å². The van der Waals surface area contributed by atoms with E-state index in [1.807, 2.05) is 0 Å². The molecule has 1 amide bonds. The molecule has 1 N–H and O–H groups in total. The Morgan fingerprint density at radius 1 is 1.04 bits per heavy atom. The van der Waals surface area contributed by atoms with Gasteiger partial charge in [-0.2, -0.15) is 4.31 Å². The number of hydrogen-bond acceptors (Lipinski definition) is 4. The molecule has 1 heterocycles. The Kier molecular flexibility index (Phi) is 7.88. The van der Waals surface area contributed by atoms with Crippen LogP contribution in [0.25, 0.3) is 0 Å². The van der Waals surface area contributed by atoms with Crippen molar-refractivity contribution in [1.29, 1.82) is 0 Å². The lowest BCUT2D eigenvalue weighted by Gasteiger charge is -2.30. The Hall–Kier alpha value is -1.44. The Bertz CT molecular complexity index is 709. The molecular weight excluding hydrogens is 376 g/mol. The topological polar surface area (TPSA) is 75.7 Å². The lowest BCUT2D eigenvalue weighted by Crippen LogP contribution is -2.43. The van der Waals surface area contributed by atoms with Crippen LogP contribution >= 0.6 is 0 Å². The minimum atomic E-state index is -3.46. The van der Waals surface area contributed by atoms with Gasteiger partial charge < -0.3 is 10.1 Å². The first-order valence-corrected chi connectivity index (χ1v) is 12.0. The Morgan fingerprint density at radius 3 is 2.39 bits per heavy atom. The van der Waals surface area contributed by atoms with Crippen molar-refractivity contribution < 1.29 is 17.9 Å². The average molecular weight is 409 g/mol. The van der Waals surface area contributed by atoms with Crippen LogP contribution in [0.15, 0.2) is 35.2 Å². The molecular formula is C21H32N2O4S. The van der Waals surface area contributed by atoms with Gasteiger partial charge in [0.25, 0.3) is 0 Å². The second-order valence-electron chi connectivity index (χ2n) is 7.77. The van der Waals surface area contributed by atoms with Crippen LogP contribution < -0.4 is 5.32 Å². The van der Waals surface area contributed by atoms with E-state index in [9.17, 15) is 13.2 Å². The van der Waals surface area contributed by atoms with Gasteiger partial charge >= 0.3 is 0 Å². The van der Waals surface area contributed by atoms with Gasteiger partial charge in [-0.25, -0.2) is 8.42 Å². The lowest BCUT2D eigenvalue weighted by molar-refractivity contribution is -0.126. The predicted octanol–water partition coefficient (Wildman–Crippen LogP) is 2.94. The van der Waals surface area contributed by atoms with Crippen LogP contribution in [0.2, 0.25) is 0 Å². The molecule has 7 heteroatoms. The minimum absolute atomic E-state index is 0.0365. The summed E-state index contributed by atoms with van der Waals surface area (Å²) in [6.07, 6.45) is 8.53. The molecule has 3 rings (SSSR count). The van der Waals surface area contributed by atoms with Crippen LogP contribution in [0.5, 0.6) is 0 Å². The fourth-order valence-electron chi connectivity index (χ4n) is 4.01. The van der Waals surface area contributed by atoms with E-state index in [0.29, 0.717) is 50.1 Å². The summed E-state index contributed by atoms with van der Waals surface area (Å²) in [5.41, 5.74) is 0. The summed E-state index contributed by atoms with van der Waals surface area (Å²) in [4.78, 5) is 12.7. The highest BCUT2D eigenvalue weighted by Crippen LogP contribution is 2.24. The summed E-state index contributed by atoms with van der Waals surface area (Å²) < 4.78 is 32.7. The van der Waals surface area contributed by atoms with Crippen molar-refractivity contribution >= 4 is 15.9 Å². The first-order valence-electron chi connectivity index (χ1n) is 10.5. The zero-order chi connectivity index (χ0) is 19.8. The first-order chi connectivity index (χ1) is 13.6. The van der Waals surface area contributed by atoms with E-state index < -0.39 is 10.0 Å². The van der Waals surface area contributed by atoms with Gasteiger partial charge in [-0.3, -0.25) is 4.79 Å². The maximum atomic E-state index is 12.6. The fraction of sp³-hybridized carbons (Fsp3) is 0.667. The van der Waals surface area contributed by atoms with E-state index in [0.717, 1.165) is 19.3 Å². The number of rotatable bonds is 8. The highest BCUT2D eigenvalue weighted by molar-refractivity contribution is 7.89. The Balaban J connectivity index is 1.34. The van der Waals surface area contributed by atoms with Crippen LogP contribution in [0.1, 0.15) is 51.4 Å². The minimum Gasteiger partial charge on any atom is -0.378 e. The smallest absolute Gasteiger partial charge is 0.243 e. The van der Waals surface area contributed by atoms with Gasteiger partial charge in [0.2, 0.25) is 15.9 Å². The number of amides is 1. The number of carbonyl (C=O) groups is 1. The molecule has 2 fully saturated rings. The molecule has 2 aliphatic rings. The maximum absolute atomic E-state index is 12.6. The van der Waals surface area contributed by atoms with E-state index in [4.69, 9.17) is 4.74 Å². The Labute approximate surface area is 168 Å². The molecule has 0 aromatic heterocycles. The second-order valence-corrected chi connectivity index (χ2v) is 9.70. The van der Waals surface area contributed by atoms with Crippen molar-refractivity contribution in [2.24, 2.45) is 5.92 Å². The van der Waals surface area contributed by atoms with Gasteiger partial charge in [0.05, 0.1) is 11.0 Å². The summed E-state index contributed by atoms with van der Waals surface area (Å²) >= 11 is 0. The summed E-state index contributed by atoms with van der Waals surface area (Å²) in [7, 11) is -3.46. The van der Waals surface area contributed by atoms with E-state index in [1.165, 1.54) is 23.6 Å². The molecule has 28 heavy (non-hydrogen) atoms. The second kappa shape index (κ2) is 10.4. The first kappa shape index (κ1) is 21.3. The van der Waals surface area contributed by atoms with Crippen molar-refractivity contribution in [2.75, 3.05) is 26.2 Å². The number of hydrogen-bond donors (Lipinski definition) is 1. The van der Waals surface area contributed by atoms with E-state index in [2.05, 4.69) is 5.32 Å². The van der Waals surface area contributed by atoms with Crippen LogP contribution in [0.4, 0.5) is 0 Å². The number of sulfonamides is 1. The summed E-state index contributed by atoms with van der Waals surface area (Å²) in [6.45, 7) is 2.09. The zero-order valence-electron chi connectivity index (χ0n) is 16.5. The third-order valence-corrected chi connectivity index (χ3v) is 7.64. The molecule has 156 valence electrons. The van der Waals surface area contributed by atoms with Crippen molar-refractivity contribution in [3.63, 3.8) is 0 Å². The molecule has 1 saturated carbocycles. The van der Waals surface area contributed by atoms with Gasteiger partial charge in [-0.15, -0.1) is 0 Å². The summed E-state index contributed by atoms with van der Waals surface area (Å²) in [5.74, 6) is -0.0732. The van der Waals surface area contributed by atoms with Crippen LogP contribution in [0, 0.1) is 5.92 Å². The van der Waals surface area contributed by atoms with E-state index >= 15 is 0 Å². The van der Waals surface area contributed by atoms with Crippen LogP contribution in [-0.2, 0) is 19.6 Å². The average Bonchev–Trinajstić information content (AvgIpc) is 2.75. The van der Waals surface area contributed by atoms with Gasteiger partial charge in [-0.05, 0) is 44.2 Å². The predicted molar refractivity (Wildman–Crippen MR) is 108 cm³/mol. The normalized spacial score (nSPS) is 20.1. The number of nitrogens with zero attached hydrogens (tertiary/aromatic N) is 1. The standard InChI is InChI=1S/C21H32N2O4S/c24-21(22-14-7-17-27-19-8-3-1-4-9-19)18-12-15-23(16-13-18)28(25,26)20-10-5-2-6-11-20/h2,5-6,10-11,18-19H,1,3-4,7-9,12-17H2,(H,22,24). The zero-order valence-corrected chi connectivity index (χ0v) is 17.3. The number of nitrogens with one attached hydrogen (secondary N) is 1. The van der Waals surface area contributed by atoms with Crippen LogP contribution in [0.3, 0.4) is 0 Å². The highest BCUT2D eigenvalue weighted by atomic mass is 32.2. The van der Waals surface area contributed by atoms with Crippen molar-refractivity contribution in [2.45, 2.75) is 62.4 Å². The maximum Gasteiger partial charge on any atom is 0.243 e. The molecule has 0 unspecified atom stereocenters. The molecule has 1 aliphatic carbocycles. The lowest BCUT2D eigenvalue weighted by atomic mass is 9.97. The largest absolute Gasteiger partial charge is 0.378 e. The van der Waals surface area contributed by atoms with E-state index in [-0.39, 0.29) is 11.8 Å².